The first-order chi connectivity index (χ1) is 17.0. The molecule has 0 bridgehead atoms. The van der Waals surface area contributed by atoms with Crippen LogP contribution in [-0.2, 0) is 21.3 Å². The standard InChI is InChI=1S/C25H35N2.C5H5.C3H6.2ClH.Zr/c1-16(2)26(17(3)4)22-9-11-24-20(14-22)13-21-15-23(10-12-25(21)24)27(18(5)6)19(7)8;1-2-4-5-3-1;1-3-2;;;/h9-19H,1-8H3;1-3H,4H2;1-2H3;2*1H;/q;;;;;+2/p-2. The first kappa shape index (κ1) is 33.1. The van der Waals surface area contributed by atoms with Crippen LogP contribution in [0.5, 0.6) is 0 Å². The van der Waals surface area contributed by atoms with Gasteiger partial charge in [-0.1, -0.05) is 0 Å². The summed E-state index contributed by atoms with van der Waals surface area (Å²) in [6.07, 6.45) is 8.26. The summed E-state index contributed by atoms with van der Waals surface area (Å²) < 4.78 is 3.98. The van der Waals surface area contributed by atoms with E-state index in [0.717, 1.165) is 6.42 Å². The van der Waals surface area contributed by atoms with Gasteiger partial charge < -0.3 is 24.8 Å². The Kier molecular flexibility index (Phi) is 11.7. The van der Waals surface area contributed by atoms with Gasteiger partial charge in [0.05, 0.1) is 0 Å². The second-order valence-electron chi connectivity index (χ2n) is 11.9. The molecule has 0 N–H and O–H groups in total. The van der Waals surface area contributed by atoms with E-state index in [1.807, 2.05) is 0 Å². The third kappa shape index (κ3) is 6.26. The van der Waals surface area contributed by atoms with Crippen LogP contribution in [-0.4, -0.2) is 27.4 Å². The molecule has 5 heteroatoms. The van der Waals surface area contributed by atoms with Crippen molar-refractivity contribution in [2.24, 2.45) is 0 Å². The van der Waals surface area contributed by atoms with E-state index in [1.54, 1.807) is 17.6 Å². The Morgan fingerprint density at radius 2 is 1.13 bits per heavy atom. The van der Waals surface area contributed by atoms with Gasteiger partial charge in [-0.05, 0) is 0 Å². The van der Waals surface area contributed by atoms with Crippen LogP contribution in [0.4, 0.5) is 11.4 Å². The normalized spacial score (nSPS) is 13.7. The molecule has 206 valence electrons. The van der Waals surface area contributed by atoms with Crippen molar-refractivity contribution in [3.05, 3.63) is 69.0 Å². The van der Waals surface area contributed by atoms with Crippen LogP contribution in [0, 0.1) is 0 Å². The Bertz CT molecular complexity index is 1130. The van der Waals surface area contributed by atoms with E-state index in [9.17, 15) is 0 Å². The molecule has 2 nitrogen and oxygen atoms in total. The maximum Gasteiger partial charge on any atom is -1.00 e. The fourth-order valence-electron chi connectivity index (χ4n) is 6.70. The van der Waals surface area contributed by atoms with Gasteiger partial charge >= 0.3 is 229 Å². The average Bonchev–Trinajstić information content (AvgIpc) is 3.40. The van der Waals surface area contributed by atoms with Crippen LogP contribution in [0.2, 0.25) is 0 Å². The zero-order chi connectivity index (χ0) is 26.3. The van der Waals surface area contributed by atoms with Gasteiger partial charge in [-0.2, -0.15) is 0 Å². The van der Waals surface area contributed by atoms with Crippen molar-refractivity contribution < 1.29 is 46.1 Å². The number of benzene rings is 2. The van der Waals surface area contributed by atoms with Crippen LogP contribution in [0.15, 0.2) is 57.9 Å². The van der Waals surface area contributed by atoms with Gasteiger partial charge in [-0.3, -0.25) is 0 Å². The van der Waals surface area contributed by atoms with E-state index < -0.39 is 21.3 Å². The summed E-state index contributed by atoms with van der Waals surface area (Å²) in [5, 5.41) is 0. The minimum absolute atomic E-state index is 0. The zero-order valence-corrected chi connectivity index (χ0v) is 28.9. The van der Waals surface area contributed by atoms with Crippen LogP contribution < -0.4 is 34.6 Å². The average molecular weight is 633 g/mol. The molecule has 2 aromatic rings. The molecule has 0 atom stereocenters. The Morgan fingerprint density at radius 1 is 0.711 bits per heavy atom. The molecule has 0 spiro atoms. The summed E-state index contributed by atoms with van der Waals surface area (Å²) in [6, 6.07) is 16.6. The van der Waals surface area contributed by atoms with Gasteiger partial charge in [-0.15, -0.1) is 0 Å². The Hall–Kier alpha value is -1.15. The van der Waals surface area contributed by atoms with Crippen molar-refractivity contribution in [2.45, 2.75) is 103 Å². The topological polar surface area (TPSA) is 6.48 Å². The quantitative estimate of drug-likeness (QED) is 0.442. The predicted molar refractivity (Wildman–Crippen MR) is 157 cm³/mol. The molecule has 0 unspecified atom stereocenters. The fraction of sp³-hybridized carbons (Fsp3) is 0.485. The number of hydrogen-bond donors (Lipinski definition) is 0. The van der Waals surface area contributed by atoms with E-state index in [-0.39, 0.29) is 24.8 Å². The SMILES string of the molecule is C[C](C)=[Zr+2]([C]1=CC=CC1)[CH]1c2cc(N(C(C)C)C(C)C)ccc2-c2ccc(N(C(C)C)C(C)C)cc21.[Cl-].[Cl-]. The number of rotatable bonds is 8. The van der Waals surface area contributed by atoms with Crippen molar-refractivity contribution in [3.63, 3.8) is 0 Å². The molecule has 0 saturated carbocycles. The molecule has 2 aliphatic carbocycles. The van der Waals surface area contributed by atoms with Crippen molar-refractivity contribution in [2.75, 3.05) is 9.80 Å². The molecule has 0 saturated heterocycles. The second kappa shape index (κ2) is 13.5. The number of anilines is 2. The fourth-order valence-corrected chi connectivity index (χ4v) is 14.8. The third-order valence-corrected chi connectivity index (χ3v) is 16.0. The summed E-state index contributed by atoms with van der Waals surface area (Å²) >= 11 is -2.17. The monoisotopic (exact) mass is 630 g/mol. The van der Waals surface area contributed by atoms with Gasteiger partial charge in [0.1, 0.15) is 0 Å². The zero-order valence-electron chi connectivity index (χ0n) is 24.9. The van der Waals surface area contributed by atoms with Crippen molar-refractivity contribution >= 4 is 14.6 Å². The van der Waals surface area contributed by atoms with Crippen LogP contribution >= 0.6 is 0 Å². The molecular weight excluding hydrogens is 587 g/mol. The third-order valence-electron chi connectivity index (χ3n) is 7.75. The number of hydrogen-bond acceptors (Lipinski definition) is 2. The molecular formula is C33H46Cl2N2Zr. The largest absolute Gasteiger partial charge is 1.00 e. The second-order valence-corrected chi connectivity index (χ2v) is 19.4. The Balaban J connectivity index is 0.00000253. The van der Waals surface area contributed by atoms with Gasteiger partial charge in [-0.25, -0.2) is 0 Å². The van der Waals surface area contributed by atoms with Crippen LogP contribution in [0.25, 0.3) is 11.1 Å². The molecule has 4 rings (SSSR count). The number of halogens is 2. The van der Waals surface area contributed by atoms with E-state index >= 15 is 0 Å². The summed E-state index contributed by atoms with van der Waals surface area (Å²) in [4.78, 5) is 5.15. The van der Waals surface area contributed by atoms with Crippen molar-refractivity contribution in [1.29, 1.82) is 0 Å². The van der Waals surface area contributed by atoms with Crippen molar-refractivity contribution in [3.8, 4) is 11.1 Å². The smallest absolute Gasteiger partial charge is 1.00 e. The van der Waals surface area contributed by atoms with Gasteiger partial charge in [0, 0.05) is 0 Å². The predicted octanol–water partition coefficient (Wildman–Crippen LogP) is 2.69. The molecule has 38 heavy (non-hydrogen) atoms. The van der Waals surface area contributed by atoms with Gasteiger partial charge in [0.15, 0.2) is 0 Å². The molecule has 2 aliphatic rings. The summed E-state index contributed by atoms with van der Waals surface area (Å²) in [6.45, 7) is 23.4. The molecule has 2 aromatic carbocycles. The minimum Gasteiger partial charge on any atom is -1.00 e. The van der Waals surface area contributed by atoms with E-state index in [0.29, 0.717) is 27.8 Å². The minimum atomic E-state index is -2.17. The Labute approximate surface area is 252 Å². The van der Waals surface area contributed by atoms with E-state index in [4.69, 9.17) is 0 Å². The molecule has 0 aliphatic heterocycles. The maximum atomic E-state index is 2.58. The molecule has 0 fully saturated rings. The first-order valence-corrected chi connectivity index (χ1v) is 17.8. The first-order valence-electron chi connectivity index (χ1n) is 13.9. The summed E-state index contributed by atoms with van der Waals surface area (Å²) in [5.74, 6) is 0. The molecule has 0 heterocycles. The summed E-state index contributed by atoms with van der Waals surface area (Å²) in [7, 11) is 0. The van der Waals surface area contributed by atoms with Crippen molar-refractivity contribution in [1.82, 2.24) is 0 Å². The van der Waals surface area contributed by atoms with E-state index in [1.165, 1.54) is 22.5 Å². The Morgan fingerprint density at radius 3 is 1.45 bits per heavy atom. The molecule has 0 amide bonds. The summed E-state index contributed by atoms with van der Waals surface area (Å²) in [5.41, 5.74) is 8.83. The number of nitrogens with zero attached hydrogens (tertiary/aromatic N) is 2. The van der Waals surface area contributed by atoms with Crippen LogP contribution in [0.1, 0.15) is 90.4 Å². The molecule has 0 aromatic heterocycles. The number of allylic oxidation sites excluding steroid dienone is 4. The molecule has 0 radical (unpaired) electrons. The van der Waals surface area contributed by atoms with Gasteiger partial charge in [0.25, 0.3) is 0 Å². The van der Waals surface area contributed by atoms with E-state index in [2.05, 4.69) is 134 Å². The maximum absolute atomic E-state index is 2.58. The number of fused-ring (bicyclic) bond motifs is 3. The van der Waals surface area contributed by atoms with Crippen LogP contribution in [0.3, 0.4) is 0 Å². The van der Waals surface area contributed by atoms with Gasteiger partial charge in [0.2, 0.25) is 0 Å².